The zero-order valence-corrected chi connectivity index (χ0v) is 14.8. The molecule has 0 saturated carbocycles. The van der Waals surface area contributed by atoms with Gasteiger partial charge in [-0.25, -0.2) is 0 Å². The van der Waals surface area contributed by atoms with Gasteiger partial charge in [-0.2, -0.15) is 0 Å². The number of halogens is 1. The predicted molar refractivity (Wildman–Crippen MR) is 102 cm³/mol. The quantitative estimate of drug-likeness (QED) is 0.729. The molecule has 1 aliphatic heterocycles. The molecule has 134 valence electrons. The van der Waals surface area contributed by atoms with Crippen molar-refractivity contribution in [3.8, 4) is 11.3 Å². The summed E-state index contributed by atoms with van der Waals surface area (Å²) in [6.07, 6.45) is 4.80. The highest BCUT2D eigenvalue weighted by Crippen LogP contribution is 2.25. The maximum atomic E-state index is 12.4. The molecule has 3 aromatic rings. The summed E-state index contributed by atoms with van der Waals surface area (Å²) in [5.74, 6) is 0.361. The summed E-state index contributed by atoms with van der Waals surface area (Å²) < 4.78 is 10.4. The Morgan fingerprint density at radius 1 is 1.04 bits per heavy atom. The van der Waals surface area contributed by atoms with Crippen LogP contribution >= 0.6 is 11.6 Å². The third-order valence-corrected chi connectivity index (χ3v) is 4.23. The average Bonchev–Trinajstić information content (AvgIpc) is 3.24. The SMILES string of the molecule is O=C(Nc1ccc(C2=COCO2)cc1)c1ccc(-c2ncccc2Cl)cn1. The molecule has 0 atom stereocenters. The fraction of sp³-hybridized carbons (Fsp3) is 0.0500. The molecule has 2 aromatic heterocycles. The van der Waals surface area contributed by atoms with Crippen molar-refractivity contribution in [3.05, 3.63) is 83.5 Å². The van der Waals surface area contributed by atoms with Crippen LogP contribution in [0.1, 0.15) is 16.1 Å². The molecular formula is C20H14ClN3O3. The molecule has 0 saturated heterocycles. The minimum Gasteiger partial charge on any atom is -0.461 e. The van der Waals surface area contributed by atoms with E-state index in [1.54, 1.807) is 55.1 Å². The van der Waals surface area contributed by atoms with Gasteiger partial charge in [0.1, 0.15) is 12.0 Å². The number of carbonyl (C=O) groups excluding carboxylic acids is 1. The summed E-state index contributed by atoms with van der Waals surface area (Å²) in [6, 6.07) is 14.2. The highest BCUT2D eigenvalue weighted by atomic mass is 35.5. The highest BCUT2D eigenvalue weighted by Gasteiger charge is 2.12. The van der Waals surface area contributed by atoms with E-state index in [2.05, 4.69) is 15.3 Å². The van der Waals surface area contributed by atoms with Crippen LogP contribution in [-0.2, 0) is 9.47 Å². The van der Waals surface area contributed by atoms with Crippen molar-refractivity contribution in [2.45, 2.75) is 0 Å². The van der Waals surface area contributed by atoms with Gasteiger partial charge in [-0.1, -0.05) is 11.6 Å². The van der Waals surface area contributed by atoms with E-state index < -0.39 is 0 Å². The third-order valence-electron chi connectivity index (χ3n) is 3.93. The molecular weight excluding hydrogens is 366 g/mol. The van der Waals surface area contributed by atoms with E-state index in [9.17, 15) is 4.79 Å². The Labute approximate surface area is 160 Å². The van der Waals surface area contributed by atoms with E-state index >= 15 is 0 Å². The van der Waals surface area contributed by atoms with Crippen LogP contribution in [0.4, 0.5) is 5.69 Å². The number of rotatable bonds is 4. The van der Waals surface area contributed by atoms with Gasteiger partial charge in [0.05, 0.1) is 10.7 Å². The first-order valence-electron chi connectivity index (χ1n) is 8.14. The largest absolute Gasteiger partial charge is 0.461 e. The van der Waals surface area contributed by atoms with Crippen LogP contribution in [0.25, 0.3) is 17.0 Å². The van der Waals surface area contributed by atoms with Crippen molar-refractivity contribution in [1.29, 1.82) is 0 Å². The van der Waals surface area contributed by atoms with E-state index in [1.165, 1.54) is 0 Å². The normalized spacial score (nSPS) is 12.7. The van der Waals surface area contributed by atoms with Gasteiger partial charge in [0.2, 0.25) is 6.79 Å². The number of nitrogens with zero attached hydrogens (tertiary/aromatic N) is 2. The Bertz CT molecular complexity index is 1000. The third kappa shape index (κ3) is 3.75. The molecule has 6 nitrogen and oxygen atoms in total. The second-order valence-corrected chi connectivity index (χ2v) is 6.12. The predicted octanol–water partition coefficient (Wildman–Crippen LogP) is 4.35. The summed E-state index contributed by atoms with van der Waals surface area (Å²) in [5, 5.41) is 3.34. The lowest BCUT2D eigenvalue weighted by molar-refractivity contribution is 0.100. The Morgan fingerprint density at radius 3 is 2.52 bits per heavy atom. The lowest BCUT2D eigenvalue weighted by atomic mass is 10.1. The molecule has 4 rings (SSSR count). The molecule has 0 fully saturated rings. The van der Waals surface area contributed by atoms with Crippen LogP contribution in [0.3, 0.4) is 0 Å². The fourth-order valence-corrected chi connectivity index (χ4v) is 2.80. The molecule has 27 heavy (non-hydrogen) atoms. The van der Waals surface area contributed by atoms with Crippen molar-refractivity contribution in [3.63, 3.8) is 0 Å². The number of hydrogen-bond donors (Lipinski definition) is 1. The van der Waals surface area contributed by atoms with E-state index in [4.69, 9.17) is 21.1 Å². The number of pyridine rings is 2. The number of benzene rings is 1. The molecule has 1 aromatic carbocycles. The van der Waals surface area contributed by atoms with Crippen molar-refractivity contribution in [1.82, 2.24) is 9.97 Å². The van der Waals surface area contributed by atoms with Crippen molar-refractivity contribution in [2.24, 2.45) is 0 Å². The van der Waals surface area contributed by atoms with Gasteiger partial charge in [-0.15, -0.1) is 0 Å². The van der Waals surface area contributed by atoms with E-state index in [0.29, 0.717) is 27.9 Å². The van der Waals surface area contributed by atoms with Gasteiger partial charge in [-0.3, -0.25) is 14.8 Å². The minimum absolute atomic E-state index is 0.221. The Kier molecular flexibility index (Phi) is 4.72. The van der Waals surface area contributed by atoms with Gasteiger partial charge < -0.3 is 14.8 Å². The molecule has 1 N–H and O–H groups in total. The maximum absolute atomic E-state index is 12.4. The molecule has 3 heterocycles. The van der Waals surface area contributed by atoms with Crippen LogP contribution < -0.4 is 5.32 Å². The van der Waals surface area contributed by atoms with Gasteiger partial charge in [-0.05, 0) is 48.5 Å². The number of carbonyl (C=O) groups is 1. The molecule has 0 radical (unpaired) electrons. The lowest BCUT2D eigenvalue weighted by Gasteiger charge is -2.07. The molecule has 0 aliphatic carbocycles. The van der Waals surface area contributed by atoms with Crippen LogP contribution in [0.2, 0.25) is 5.02 Å². The highest BCUT2D eigenvalue weighted by molar-refractivity contribution is 6.33. The number of nitrogens with one attached hydrogen (secondary N) is 1. The zero-order chi connectivity index (χ0) is 18.6. The van der Waals surface area contributed by atoms with E-state index in [0.717, 1.165) is 11.1 Å². The van der Waals surface area contributed by atoms with Gasteiger partial charge in [0.15, 0.2) is 5.76 Å². The van der Waals surface area contributed by atoms with Gasteiger partial charge in [0.25, 0.3) is 5.91 Å². The first kappa shape index (κ1) is 17.1. The molecule has 1 aliphatic rings. The molecule has 0 bridgehead atoms. The zero-order valence-electron chi connectivity index (χ0n) is 14.1. The second kappa shape index (κ2) is 7.47. The van der Waals surface area contributed by atoms with Crippen LogP contribution in [-0.4, -0.2) is 22.7 Å². The molecule has 0 unspecified atom stereocenters. The van der Waals surface area contributed by atoms with Crippen LogP contribution in [0.5, 0.6) is 0 Å². The second-order valence-electron chi connectivity index (χ2n) is 5.71. The number of amides is 1. The van der Waals surface area contributed by atoms with E-state index in [1.807, 2.05) is 12.1 Å². The first-order valence-corrected chi connectivity index (χ1v) is 8.52. The number of hydrogen-bond acceptors (Lipinski definition) is 5. The topological polar surface area (TPSA) is 73.3 Å². The average molecular weight is 380 g/mol. The van der Waals surface area contributed by atoms with E-state index in [-0.39, 0.29) is 12.7 Å². The summed E-state index contributed by atoms with van der Waals surface area (Å²) >= 11 is 6.14. The molecule has 1 amide bonds. The standard InChI is InChI=1S/C20H14ClN3O3/c21-16-2-1-9-22-19(16)14-5-8-17(23-10-14)20(25)24-15-6-3-13(4-7-15)18-11-26-12-27-18/h1-11H,12H2,(H,24,25). The Morgan fingerprint density at radius 2 is 1.85 bits per heavy atom. The maximum Gasteiger partial charge on any atom is 0.274 e. The summed E-state index contributed by atoms with van der Waals surface area (Å²) in [4.78, 5) is 20.9. The number of anilines is 1. The molecule has 7 heteroatoms. The first-order chi connectivity index (χ1) is 13.2. The fourth-order valence-electron chi connectivity index (χ4n) is 2.57. The van der Waals surface area contributed by atoms with Crippen LogP contribution in [0, 0.1) is 0 Å². The summed E-state index contributed by atoms with van der Waals surface area (Å²) in [6.45, 7) is 0.221. The monoisotopic (exact) mass is 379 g/mol. The van der Waals surface area contributed by atoms with Gasteiger partial charge in [0, 0.05) is 29.2 Å². The summed E-state index contributed by atoms with van der Waals surface area (Å²) in [5.41, 5.74) is 3.20. The van der Waals surface area contributed by atoms with Crippen molar-refractivity contribution >= 4 is 29.0 Å². The number of aromatic nitrogens is 2. The van der Waals surface area contributed by atoms with Crippen LogP contribution in [0.15, 0.2) is 67.2 Å². The smallest absolute Gasteiger partial charge is 0.274 e. The van der Waals surface area contributed by atoms with Crippen molar-refractivity contribution < 1.29 is 14.3 Å². The molecule has 0 spiro atoms. The van der Waals surface area contributed by atoms with Crippen molar-refractivity contribution in [2.75, 3.05) is 12.1 Å². The Hall–Kier alpha value is -3.38. The minimum atomic E-state index is -0.305. The number of ether oxygens (including phenoxy) is 2. The summed E-state index contributed by atoms with van der Waals surface area (Å²) in [7, 11) is 0. The lowest BCUT2D eigenvalue weighted by Crippen LogP contribution is -2.13. The Balaban J connectivity index is 1.46. The van der Waals surface area contributed by atoms with Gasteiger partial charge >= 0.3 is 0 Å².